The van der Waals surface area contributed by atoms with Gasteiger partial charge in [-0.1, -0.05) is 0 Å². The molecule has 0 unspecified atom stereocenters. The third kappa shape index (κ3) is 5.76. The Balaban J connectivity index is 2.67. The number of sulfone groups is 1. The molecule has 31 heavy (non-hydrogen) atoms. The molecule has 1 aromatic rings. The molecule has 1 aromatic carbocycles. The molecular formula is C19H26N2O8S2. The van der Waals surface area contributed by atoms with Gasteiger partial charge in [0.15, 0.2) is 0 Å². The van der Waals surface area contributed by atoms with E-state index in [2.05, 4.69) is 0 Å². The summed E-state index contributed by atoms with van der Waals surface area (Å²) in [5.74, 6) is -0.714. The molecule has 0 atom stereocenters. The van der Waals surface area contributed by atoms with E-state index < -0.39 is 43.9 Å². The van der Waals surface area contributed by atoms with Gasteiger partial charge in [0.25, 0.3) is 0 Å². The summed E-state index contributed by atoms with van der Waals surface area (Å²) in [7, 11) is -6.48. The lowest BCUT2D eigenvalue weighted by Crippen LogP contribution is -2.39. The molecule has 12 heteroatoms. The van der Waals surface area contributed by atoms with Crippen LogP contribution in [0.2, 0.25) is 0 Å². The Morgan fingerprint density at radius 2 is 1.81 bits per heavy atom. The number of sulfonamides is 1. The van der Waals surface area contributed by atoms with Crippen LogP contribution in [0.5, 0.6) is 0 Å². The van der Waals surface area contributed by atoms with Crippen LogP contribution in [0.3, 0.4) is 0 Å². The molecule has 0 fully saturated rings. The van der Waals surface area contributed by atoms with E-state index in [1.165, 1.54) is 19.2 Å². The number of nitrogens with zero attached hydrogens (tertiary/aromatic N) is 2. The van der Waals surface area contributed by atoms with Crippen molar-refractivity contribution in [1.29, 1.82) is 0 Å². The number of benzene rings is 1. The number of anilines is 2. The van der Waals surface area contributed by atoms with Gasteiger partial charge in [-0.3, -0.25) is 9.10 Å². The van der Waals surface area contributed by atoms with Crippen LogP contribution in [-0.2, 0) is 34.1 Å². The molecule has 1 heterocycles. The van der Waals surface area contributed by atoms with E-state index in [1.807, 2.05) is 0 Å². The molecule has 1 amide bonds. The Morgan fingerprint density at radius 1 is 1.19 bits per heavy atom. The maximum absolute atomic E-state index is 12.9. The summed E-state index contributed by atoms with van der Waals surface area (Å²) in [6.45, 7) is 6.62. The molecule has 172 valence electrons. The molecule has 0 saturated carbocycles. The molecule has 0 spiro atoms. The number of esters is 1. The number of amides is 1. The van der Waals surface area contributed by atoms with Crippen molar-refractivity contribution in [3.63, 3.8) is 0 Å². The second-order valence-electron chi connectivity index (χ2n) is 7.83. The minimum absolute atomic E-state index is 0.0540. The second kappa shape index (κ2) is 8.50. The zero-order chi connectivity index (χ0) is 23.8. The van der Waals surface area contributed by atoms with Gasteiger partial charge in [0, 0.05) is 7.05 Å². The summed E-state index contributed by atoms with van der Waals surface area (Å²) in [6, 6.07) is 3.81. The van der Waals surface area contributed by atoms with Crippen molar-refractivity contribution in [1.82, 2.24) is 0 Å². The van der Waals surface area contributed by atoms with Gasteiger partial charge in [-0.15, -0.1) is 0 Å². The van der Waals surface area contributed by atoms with Gasteiger partial charge < -0.3 is 9.47 Å². The third-order valence-electron chi connectivity index (χ3n) is 4.14. The van der Waals surface area contributed by atoms with Crippen molar-refractivity contribution >= 4 is 43.3 Å². The third-order valence-corrected chi connectivity index (χ3v) is 6.87. The van der Waals surface area contributed by atoms with E-state index >= 15 is 0 Å². The number of hydrogen-bond acceptors (Lipinski definition) is 8. The van der Waals surface area contributed by atoms with Crippen molar-refractivity contribution in [2.45, 2.75) is 44.6 Å². The number of hydrogen-bond donors (Lipinski definition) is 0. The SMILES string of the molecule is CCOC(=O)CC1=CS(=O)(=O)c2cc(N(C)S(C)(=O)=O)ccc2N1C(=O)OC(C)(C)C. The highest BCUT2D eigenvalue weighted by molar-refractivity contribution is 7.94. The van der Waals surface area contributed by atoms with Crippen molar-refractivity contribution < 1.29 is 35.9 Å². The maximum Gasteiger partial charge on any atom is 0.419 e. The summed E-state index contributed by atoms with van der Waals surface area (Å²) in [6.07, 6.45) is -0.384. The van der Waals surface area contributed by atoms with Crippen molar-refractivity contribution in [2.75, 3.05) is 29.1 Å². The van der Waals surface area contributed by atoms with E-state index in [4.69, 9.17) is 9.47 Å². The van der Waals surface area contributed by atoms with Gasteiger partial charge in [0.05, 0.1) is 46.7 Å². The maximum atomic E-state index is 12.9. The normalized spacial score (nSPS) is 15.5. The number of fused-ring (bicyclic) bond motifs is 1. The van der Waals surface area contributed by atoms with Gasteiger partial charge in [-0.2, -0.15) is 0 Å². The molecule has 0 aromatic heterocycles. The summed E-state index contributed by atoms with van der Waals surface area (Å²) in [5.41, 5.74) is -0.985. The topological polar surface area (TPSA) is 127 Å². The van der Waals surface area contributed by atoms with Gasteiger partial charge >= 0.3 is 12.1 Å². The lowest BCUT2D eigenvalue weighted by atomic mass is 10.2. The van der Waals surface area contributed by atoms with Crippen LogP contribution < -0.4 is 9.21 Å². The highest BCUT2D eigenvalue weighted by Gasteiger charge is 2.37. The van der Waals surface area contributed by atoms with Gasteiger partial charge in [-0.25, -0.2) is 26.5 Å². The van der Waals surface area contributed by atoms with Crippen LogP contribution in [0.15, 0.2) is 34.2 Å². The highest BCUT2D eigenvalue weighted by Crippen LogP contribution is 2.39. The van der Waals surface area contributed by atoms with Crippen LogP contribution in [0.1, 0.15) is 34.1 Å². The predicted molar refractivity (Wildman–Crippen MR) is 115 cm³/mol. The molecule has 0 aliphatic carbocycles. The molecule has 0 N–H and O–H groups in total. The standard InChI is InChI=1S/C19H26N2O8S2/c1-7-28-17(22)11-14-12-31(26,27)16-10-13(20(5)30(6,24)25)8-9-15(16)21(14)18(23)29-19(2,3)4/h8-10,12H,7,11H2,1-6H3. The Kier molecular flexibility index (Phi) is 6.76. The van der Waals surface area contributed by atoms with E-state index in [-0.39, 0.29) is 28.6 Å². The van der Waals surface area contributed by atoms with Crippen molar-refractivity contribution in [2.24, 2.45) is 0 Å². The van der Waals surface area contributed by atoms with Crippen LogP contribution in [0, 0.1) is 0 Å². The van der Waals surface area contributed by atoms with E-state index in [9.17, 15) is 26.4 Å². The zero-order valence-corrected chi connectivity index (χ0v) is 19.8. The van der Waals surface area contributed by atoms with Crippen LogP contribution in [0.4, 0.5) is 16.2 Å². The minimum Gasteiger partial charge on any atom is -0.466 e. The first-order chi connectivity index (χ1) is 14.1. The summed E-state index contributed by atoms with van der Waals surface area (Å²) >= 11 is 0. The average Bonchev–Trinajstić information content (AvgIpc) is 2.58. The Bertz CT molecular complexity index is 1130. The summed E-state index contributed by atoms with van der Waals surface area (Å²) in [4.78, 5) is 25.7. The lowest BCUT2D eigenvalue weighted by Gasteiger charge is -2.32. The monoisotopic (exact) mass is 474 g/mol. The number of ether oxygens (including phenoxy) is 2. The predicted octanol–water partition coefficient (Wildman–Crippen LogP) is 2.41. The largest absolute Gasteiger partial charge is 0.466 e. The fraction of sp³-hybridized carbons (Fsp3) is 0.474. The first-order valence-corrected chi connectivity index (χ1v) is 12.7. The highest BCUT2D eigenvalue weighted by atomic mass is 32.2. The number of rotatable bonds is 5. The first-order valence-electron chi connectivity index (χ1n) is 9.29. The summed E-state index contributed by atoms with van der Waals surface area (Å²) in [5, 5.41) is 0.792. The van der Waals surface area contributed by atoms with E-state index in [1.54, 1.807) is 27.7 Å². The average molecular weight is 475 g/mol. The van der Waals surface area contributed by atoms with Gasteiger partial charge in [0.2, 0.25) is 19.9 Å². The number of carbonyl (C=O) groups is 2. The van der Waals surface area contributed by atoms with E-state index in [0.29, 0.717) is 0 Å². The smallest absolute Gasteiger partial charge is 0.419 e. The summed E-state index contributed by atoms with van der Waals surface area (Å²) < 4.78 is 60.8. The molecule has 1 aliphatic heterocycles. The minimum atomic E-state index is -4.10. The fourth-order valence-electron chi connectivity index (χ4n) is 2.76. The van der Waals surface area contributed by atoms with Crippen LogP contribution >= 0.6 is 0 Å². The van der Waals surface area contributed by atoms with Crippen molar-refractivity contribution in [3.05, 3.63) is 29.3 Å². The molecule has 0 bridgehead atoms. The van der Waals surface area contributed by atoms with Crippen LogP contribution in [-0.4, -0.2) is 54.4 Å². The lowest BCUT2D eigenvalue weighted by molar-refractivity contribution is -0.142. The molecule has 1 aliphatic rings. The molecule has 2 rings (SSSR count). The number of carbonyl (C=O) groups excluding carboxylic acids is 2. The van der Waals surface area contributed by atoms with E-state index in [0.717, 1.165) is 26.9 Å². The van der Waals surface area contributed by atoms with Gasteiger partial charge in [-0.05, 0) is 45.9 Å². The molecule has 0 radical (unpaired) electrons. The zero-order valence-electron chi connectivity index (χ0n) is 18.2. The van der Waals surface area contributed by atoms with Crippen molar-refractivity contribution in [3.8, 4) is 0 Å². The fourth-order valence-corrected chi connectivity index (χ4v) is 4.66. The van der Waals surface area contributed by atoms with Gasteiger partial charge in [0.1, 0.15) is 5.60 Å². The Labute approximate surface area is 182 Å². The Morgan fingerprint density at radius 3 is 2.32 bits per heavy atom. The molecular weight excluding hydrogens is 448 g/mol. The Hall–Kier alpha value is -2.60. The quantitative estimate of drug-likeness (QED) is 0.595. The second-order valence-corrected chi connectivity index (χ2v) is 11.6. The first kappa shape index (κ1) is 24.7. The molecule has 10 nitrogen and oxygen atoms in total. The van der Waals surface area contributed by atoms with Crippen LogP contribution in [0.25, 0.3) is 0 Å². The molecule has 0 saturated heterocycles.